The molecule has 1 unspecified atom stereocenters. The van der Waals surface area contributed by atoms with Gasteiger partial charge in [0.15, 0.2) is 0 Å². The average molecular weight is 221 g/mol. The molecule has 1 atom stereocenters. The molecule has 0 aliphatic rings. The van der Waals surface area contributed by atoms with Crippen LogP contribution in [0, 0.1) is 34.6 Å². The van der Waals surface area contributed by atoms with Crippen LogP contribution < -0.4 is 5.73 Å². The third-order valence-electron chi connectivity index (χ3n) is 3.86. The van der Waals surface area contributed by atoms with Crippen LogP contribution in [0.4, 0.5) is 0 Å². The first-order valence-corrected chi connectivity index (χ1v) is 5.82. The van der Waals surface area contributed by atoms with Crippen molar-refractivity contribution in [3.05, 3.63) is 33.4 Å². The van der Waals surface area contributed by atoms with E-state index in [0.29, 0.717) is 0 Å². The molecule has 0 spiro atoms. The highest BCUT2D eigenvalue weighted by molar-refractivity contribution is 5.49. The molecule has 90 valence electrons. The van der Waals surface area contributed by atoms with Crippen LogP contribution in [0.5, 0.6) is 0 Å². The van der Waals surface area contributed by atoms with Crippen molar-refractivity contribution in [3.8, 4) is 0 Å². The fourth-order valence-corrected chi connectivity index (χ4v) is 2.21. The standard InChI is InChI=1S/C14H23NO/c1-8-9(2)11(4)14(6-13(15)7-16)12(5)10(8)3/h13,16H,6-7,15H2,1-5H3. The minimum atomic E-state index is -0.154. The van der Waals surface area contributed by atoms with Crippen LogP contribution >= 0.6 is 0 Å². The molecule has 2 nitrogen and oxygen atoms in total. The van der Waals surface area contributed by atoms with Gasteiger partial charge in [0, 0.05) is 6.04 Å². The molecule has 0 aliphatic heterocycles. The quantitative estimate of drug-likeness (QED) is 0.821. The topological polar surface area (TPSA) is 46.2 Å². The number of hydrogen-bond donors (Lipinski definition) is 2. The summed E-state index contributed by atoms with van der Waals surface area (Å²) in [5.74, 6) is 0. The summed E-state index contributed by atoms with van der Waals surface area (Å²) >= 11 is 0. The van der Waals surface area contributed by atoms with Gasteiger partial charge in [0.2, 0.25) is 0 Å². The van der Waals surface area contributed by atoms with Crippen LogP contribution in [0.15, 0.2) is 0 Å². The minimum Gasteiger partial charge on any atom is -0.395 e. The van der Waals surface area contributed by atoms with Gasteiger partial charge in [-0.3, -0.25) is 0 Å². The summed E-state index contributed by atoms with van der Waals surface area (Å²) in [4.78, 5) is 0. The Labute approximate surface area is 98.5 Å². The van der Waals surface area contributed by atoms with Gasteiger partial charge >= 0.3 is 0 Å². The van der Waals surface area contributed by atoms with E-state index < -0.39 is 0 Å². The molecule has 0 heterocycles. The van der Waals surface area contributed by atoms with Crippen LogP contribution in [0.25, 0.3) is 0 Å². The Balaban J connectivity index is 3.28. The van der Waals surface area contributed by atoms with Crippen molar-refractivity contribution in [1.82, 2.24) is 0 Å². The van der Waals surface area contributed by atoms with E-state index in [4.69, 9.17) is 10.8 Å². The highest BCUT2D eigenvalue weighted by atomic mass is 16.3. The van der Waals surface area contributed by atoms with E-state index in [1.165, 1.54) is 33.4 Å². The van der Waals surface area contributed by atoms with Crippen molar-refractivity contribution >= 4 is 0 Å². The lowest BCUT2D eigenvalue weighted by Gasteiger charge is -2.20. The van der Waals surface area contributed by atoms with Crippen molar-refractivity contribution in [3.63, 3.8) is 0 Å². The summed E-state index contributed by atoms with van der Waals surface area (Å²) < 4.78 is 0. The van der Waals surface area contributed by atoms with E-state index in [0.717, 1.165) is 6.42 Å². The minimum absolute atomic E-state index is 0.0465. The molecule has 2 heteroatoms. The molecule has 1 aromatic rings. The molecule has 0 amide bonds. The lowest BCUT2D eigenvalue weighted by Crippen LogP contribution is -2.28. The smallest absolute Gasteiger partial charge is 0.0585 e. The highest BCUT2D eigenvalue weighted by Gasteiger charge is 2.14. The van der Waals surface area contributed by atoms with Crippen LogP contribution in [0.3, 0.4) is 0 Å². The lowest BCUT2D eigenvalue weighted by atomic mass is 9.87. The van der Waals surface area contributed by atoms with E-state index in [1.54, 1.807) is 0 Å². The van der Waals surface area contributed by atoms with Gasteiger partial charge in [0.05, 0.1) is 6.61 Å². The summed E-state index contributed by atoms with van der Waals surface area (Å²) in [7, 11) is 0. The third kappa shape index (κ3) is 2.28. The average Bonchev–Trinajstić information content (AvgIpc) is 2.29. The Morgan fingerprint density at radius 3 is 1.62 bits per heavy atom. The number of nitrogens with two attached hydrogens (primary N) is 1. The molecule has 1 rings (SSSR count). The number of hydrogen-bond acceptors (Lipinski definition) is 2. The van der Waals surface area contributed by atoms with Crippen LogP contribution in [0.1, 0.15) is 33.4 Å². The maximum atomic E-state index is 9.05. The lowest BCUT2D eigenvalue weighted by molar-refractivity contribution is 0.265. The number of aliphatic hydroxyl groups excluding tert-OH is 1. The van der Waals surface area contributed by atoms with Crippen molar-refractivity contribution in [1.29, 1.82) is 0 Å². The highest BCUT2D eigenvalue weighted by Crippen LogP contribution is 2.26. The summed E-state index contributed by atoms with van der Waals surface area (Å²) in [6, 6.07) is -0.154. The van der Waals surface area contributed by atoms with Gasteiger partial charge in [-0.25, -0.2) is 0 Å². The van der Waals surface area contributed by atoms with Gasteiger partial charge in [0.25, 0.3) is 0 Å². The van der Waals surface area contributed by atoms with Crippen molar-refractivity contribution < 1.29 is 5.11 Å². The summed E-state index contributed by atoms with van der Waals surface area (Å²) in [5.41, 5.74) is 13.9. The molecule has 0 radical (unpaired) electrons. The molecular weight excluding hydrogens is 198 g/mol. The summed E-state index contributed by atoms with van der Waals surface area (Å²) in [6.45, 7) is 10.8. The van der Waals surface area contributed by atoms with Crippen LogP contribution in [-0.4, -0.2) is 17.8 Å². The molecule has 0 bridgehead atoms. The predicted octanol–water partition coefficient (Wildman–Crippen LogP) is 2.09. The molecule has 0 aromatic heterocycles. The Bertz CT molecular complexity index is 367. The Kier molecular flexibility index (Phi) is 4.11. The summed E-state index contributed by atoms with van der Waals surface area (Å²) in [5, 5.41) is 9.05. The largest absolute Gasteiger partial charge is 0.395 e. The monoisotopic (exact) mass is 221 g/mol. The van der Waals surface area contributed by atoms with Crippen molar-refractivity contribution in [2.75, 3.05) is 6.61 Å². The number of aliphatic hydroxyl groups is 1. The SMILES string of the molecule is Cc1c(C)c(C)c(CC(N)CO)c(C)c1C. The normalized spacial score (nSPS) is 12.9. The van der Waals surface area contributed by atoms with Gasteiger partial charge in [-0.1, -0.05) is 0 Å². The first-order valence-electron chi connectivity index (χ1n) is 5.82. The van der Waals surface area contributed by atoms with Gasteiger partial charge in [-0.2, -0.15) is 0 Å². The maximum Gasteiger partial charge on any atom is 0.0585 e. The molecule has 16 heavy (non-hydrogen) atoms. The molecule has 1 aromatic carbocycles. The molecule has 0 saturated heterocycles. The zero-order chi connectivity index (χ0) is 12.5. The van der Waals surface area contributed by atoms with Gasteiger partial charge < -0.3 is 10.8 Å². The van der Waals surface area contributed by atoms with Crippen molar-refractivity contribution in [2.45, 2.75) is 47.1 Å². The van der Waals surface area contributed by atoms with Gasteiger partial charge in [0.1, 0.15) is 0 Å². The van der Waals surface area contributed by atoms with Gasteiger partial charge in [-0.15, -0.1) is 0 Å². The molecule has 3 N–H and O–H groups in total. The Morgan fingerprint density at radius 2 is 1.25 bits per heavy atom. The first-order chi connectivity index (χ1) is 7.40. The fraction of sp³-hybridized carbons (Fsp3) is 0.571. The second-order valence-electron chi connectivity index (χ2n) is 4.75. The van der Waals surface area contributed by atoms with E-state index >= 15 is 0 Å². The second-order valence-corrected chi connectivity index (χ2v) is 4.75. The summed E-state index contributed by atoms with van der Waals surface area (Å²) in [6.07, 6.45) is 0.760. The number of benzene rings is 1. The van der Waals surface area contributed by atoms with E-state index in [1.807, 2.05) is 0 Å². The molecule has 0 saturated carbocycles. The van der Waals surface area contributed by atoms with Crippen molar-refractivity contribution in [2.24, 2.45) is 5.73 Å². The van der Waals surface area contributed by atoms with E-state index in [2.05, 4.69) is 34.6 Å². The number of rotatable bonds is 3. The van der Waals surface area contributed by atoms with Crippen LogP contribution in [0.2, 0.25) is 0 Å². The van der Waals surface area contributed by atoms with E-state index in [-0.39, 0.29) is 12.6 Å². The molecule has 0 fully saturated rings. The third-order valence-corrected chi connectivity index (χ3v) is 3.86. The predicted molar refractivity (Wildman–Crippen MR) is 68.9 cm³/mol. The maximum absolute atomic E-state index is 9.05. The van der Waals surface area contributed by atoms with Gasteiger partial charge in [-0.05, 0) is 74.4 Å². The fourth-order valence-electron chi connectivity index (χ4n) is 2.21. The first kappa shape index (κ1) is 13.2. The Hall–Kier alpha value is -0.860. The van der Waals surface area contributed by atoms with E-state index in [9.17, 15) is 0 Å². The zero-order valence-electron chi connectivity index (χ0n) is 11.0. The second kappa shape index (κ2) is 4.98. The molecular formula is C14H23NO. The Morgan fingerprint density at radius 1 is 0.875 bits per heavy atom. The molecule has 0 aliphatic carbocycles. The van der Waals surface area contributed by atoms with Crippen LogP contribution in [-0.2, 0) is 6.42 Å². The zero-order valence-corrected chi connectivity index (χ0v) is 11.0.